The highest BCUT2D eigenvalue weighted by atomic mass is 35.5. The third kappa shape index (κ3) is 3.50. The van der Waals surface area contributed by atoms with E-state index in [1.165, 1.54) is 0 Å². The molecule has 0 aliphatic carbocycles. The number of benzene rings is 1. The monoisotopic (exact) mass is 368 g/mol. The van der Waals surface area contributed by atoms with E-state index in [0.717, 1.165) is 38.6 Å². The number of halogens is 2. The number of hydrogen-bond acceptors (Lipinski definition) is 3. The molecule has 0 aliphatic rings. The van der Waals surface area contributed by atoms with E-state index in [9.17, 15) is 0 Å². The van der Waals surface area contributed by atoms with Crippen molar-refractivity contribution < 1.29 is 0 Å². The zero-order chi connectivity index (χ0) is 17.2. The fourth-order valence-electron chi connectivity index (χ4n) is 2.77. The molecule has 3 heterocycles. The van der Waals surface area contributed by atoms with E-state index in [4.69, 9.17) is 23.2 Å². The highest BCUT2D eigenvalue weighted by Gasteiger charge is 2.08. The Morgan fingerprint density at radius 1 is 0.880 bits per heavy atom. The second-order valence-electron chi connectivity index (χ2n) is 5.82. The number of nitrogens with one attached hydrogen (secondary N) is 1. The van der Waals surface area contributed by atoms with Crippen molar-refractivity contribution in [3.8, 4) is 0 Å². The van der Waals surface area contributed by atoms with Gasteiger partial charge in [-0.3, -0.25) is 0 Å². The Morgan fingerprint density at radius 3 is 2.48 bits per heavy atom. The molecule has 1 N–H and O–H groups in total. The molecule has 0 saturated heterocycles. The summed E-state index contributed by atoms with van der Waals surface area (Å²) in [6.45, 7) is 0. The summed E-state index contributed by atoms with van der Waals surface area (Å²) < 4.78 is 0. The first kappa shape index (κ1) is 16.1. The lowest BCUT2D eigenvalue weighted by molar-refractivity contribution is 0.943. The van der Waals surface area contributed by atoms with Crippen LogP contribution in [0.1, 0.15) is 22.5 Å². The number of fused-ring (bicyclic) bond motifs is 1. The highest BCUT2D eigenvalue weighted by molar-refractivity contribution is 6.31. The van der Waals surface area contributed by atoms with Gasteiger partial charge in [0, 0.05) is 48.0 Å². The summed E-state index contributed by atoms with van der Waals surface area (Å²) in [4.78, 5) is 16.4. The molecular formula is C19H14Cl2N4. The molecule has 0 aliphatic heterocycles. The SMILES string of the molecule is Clc1cnc2[nH]cc(Cc3cnc(Cc4ccccc4Cl)nc3)c2c1. The minimum atomic E-state index is 0.618. The van der Waals surface area contributed by atoms with E-state index in [0.29, 0.717) is 17.9 Å². The molecule has 124 valence electrons. The Morgan fingerprint density at radius 2 is 1.68 bits per heavy atom. The molecule has 0 unspecified atom stereocenters. The van der Waals surface area contributed by atoms with Crippen molar-refractivity contribution >= 4 is 34.2 Å². The van der Waals surface area contributed by atoms with Crippen LogP contribution in [0.25, 0.3) is 11.0 Å². The Labute approximate surface area is 154 Å². The standard InChI is InChI=1S/C19H14Cl2N4/c20-15-7-16-14(10-24-19(16)25-11-15)5-12-8-22-18(23-9-12)6-13-3-1-2-4-17(13)21/h1-4,7-11H,5-6H2,(H,24,25). The van der Waals surface area contributed by atoms with Gasteiger partial charge < -0.3 is 4.98 Å². The first-order valence-electron chi connectivity index (χ1n) is 7.84. The lowest BCUT2D eigenvalue weighted by Crippen LogP contribution is -1.99. The molecular weight excluding hydrogens is 355 g/mol. The summed E-state index contributed by atoms with van der Waals surface area (Å²) in [7, 11) is 0. The van der Waals surface area contributed by atoms with E-state index in [1.807, 2.05) is 48.9 Å². The number of H-pyrrole nitrogens is 1. The minimum Gasteiger partial charge on any atom is -0.346 e. The van der Waals surface area contributed by atoms with Crippen LogP contribution in [0.3, 0.4) is 0 Å². The zero-order valence-corrected chi connectivity index (χ0v) is 14.7. The molecule has 0 saturated carbocycles. The minimum absolute atomic E-state index is 0.618. The maximum Gasteiger partial charge on any atom is 0.137 e. The average molecular weight is 369 g/mol. The van der Waals surface area contributed by atoms with Gasteiger partial charge in [0.25, 0.3) is 0 Å². The van der Waals surface area contributed by atoms with Crippen LogP contribution in [0.5, 0.6) is 0 Å². The maximum absolute atomic E-state index is 6.19. The van der Waals surface area contributed by atoms with Crippen LogP contribution in [0, 0.1) is 0 Å². The summed E-state index contributed by atoms with van der Waals surface area (Å²) in [6.07, 6.45) is 8.63. The molecule has 6 heteroatoms. The first-order valence-corrected chi connectivity index (χ1v) is 8.59. The average Bonchev–Trinajstić information content (AvgIpc) is 3.01. The molecule has 0 fully saturated rings. The lowest BCUT2D eigenvalue weighted by Gasteiger charge is -2.04. The van der Waals surface area contributed by atoms with E-state index < -0.39 is 0 Å². The van der Waals surface area contributed by atoms with E-state index in [1.54, 1.807) is 6.20 Å². The molecule has 0 atom stereocenters. The Bertz CT molecular complexity index is 1030. The summed E-state index contributed by atoms with van der Waals surface area (Å²) in [5.74, 6) is 0.750. The molecule has 0 radical (unpaired) electrons. The van der Waals surface area contributed by atoms with Crippen LogP contribution < -0.4 is 0 Å². The van der Waals surface area contributed by atoms with Gasteiger partial charge in [0.05, 0.1) is 5.02 Å². The van der Waals surface area contributed by atoms with Gasteiger partial charge in [-0.05, 0) is 28.8 Å². The van der Waals surface area contributed by atoms with Gasteiger partial charge in [-0.2, -0.15) is 0 Å². The number of rotatable bonds is 4. The second-order valence-corrected chi connectivity index (χ2v) is 6.66. The van der Waals surface area contributed by atoms with Gasteiger partial charge in [-0.25, -0.2) is 15.0 Å². The quantitative estimate of drug-likeness (QED) is 0.560. The third-order valence-electron chi connectivity index (χ3n) is 4.04. The normalized spacial score (nSPS) is 11.1. The molecule has 0 amide bonds. The van der Waals surface area contributed by atoms with Gasteiger partial charge in [0.15, 0.2) is 0 Å². The molecule has 0 bridgehead atoms. The van der Waals surface area contributed by atoms with Crippen LogP contribution in [0.15, 0.2) is 55.1 Å². The molecule has 0 spiro atoms. The highest BCUT2D eigenvalue weighted by Crippen LogP contribution is 2.22. The predicted molar refractivity (Wildman–Crippen MR) is 100 cm³/mol. The lowest BCUT2D eigenvalue weighted by atomic mass is 10.1. The maximum atomic E-state index is 6.19. The summed E-state index contributed by atoms with van der Waals surface area (Å²) in [5.41, 5.74) is 4.00. The van der Waals surface area contributed by atoms with Gasteiger partial charge in [-0.1, -0.05) is 41.4 Å². The summed E-state index contributed by atoms with van der Waals surface area (Å²) in [6, 6.07) is 9.66. The number of pyridine rings is 1. The van der Waals surface area contributed by atoms with Crippen molar-refractivity contribution in [2.75, 3.05) is 0 Å². The molecule has 3 aromatic heterocycles. The predicted octanol–water partition coefficient (Wildman–Crippen LogP) is 4.84. The van der Waals surface area contributed by atoms with Crippen LogP contribution >= 0.6 is 23.2 Å². The number of nitrogens with zero attached hydrogens (tertiary/aromatic N) is 3. The largest absolute Gasteiger partial charge is 0.346 e. The van der Waals surface area contributed by atoms with Crippen molar-refractivity contribution in [2.45, 2.75) is 12.8 Å². The van der Waals surface area contributed by atoms with E-state index >= 15 is 0 Å². The van der Waals surface area contributed by atoms with Crippen molar-refractivity contribution in [3.05, 3.63) is 87.7 Å². The molecule has 4 aromatic rings. The van der Waals surface area contributed by atoms with Gasteiger partial charge in [0.2, 0.25) is 0 Å². The van der Waals surface area contributed by atoms with Crippen molar-refractivity contribution in [1.29, 1.82) is 0 Å². The number of aromatic amines is 1. The number of aromatic nitrogens is 4. The third-order valence-corrected chi connectivity index (χ3v) is 4.62. The smallest absolute Gasteiger partial charge is 0.137 e. The van der Waals surface area contributed by atoms with Crippen LogP contribution in [-0.2, 0) is 12.8 Å². The Balaban J connectivity index is 1.54. The summed E-state index contributed by atoms with van der Waals surface area (Å²) in [5, 5.41) is 2.38. The summed E-state index contributed by atoms with van der Waals surface area (Å²) >= 11 is 12.2. The first-order chi connectivity index (χ1) is 12.2. The van der Waals surface area contributed by atoms with Crippen molar-refractivity contribution in [3.63, 3.8) is 0 Å². The van der Waals surface area contributed by atoms with Gasteiger partial charge in [-0.15, -0.1) is 0 Å². The van der Waals surface area contributed by atoms with Crippen LogP contribution in [0.2, 0.25) is 10.0 Å². The molecule has 4 rings (SSSR count). The number of hydrogen-bond donors (Lipinski definition) is 1. The molecule has 25 heavy (non-hydrogen) atoms. The van der Waals surface area contributed by atoms with Crippen molar-refractivity contribution in [2.24, 2.45) is 0 Å². The molecule has 1 aromatic carbocycles. The van der Waals surface area contributed by atoms with Gasteiger partial charge in [0.1, 0.15) is 11.5 Å². The van der Waals surface area contributed by atoms with Gasteiger partial charge >= 0.3 is 0 Å². The Kier molecular flexibility index (Phi) is 4.38. The zero-order valence-electron chi connectivity index (χ0n) is 13.2. The Hall–Kier alpha value is -2.43. The topological polar surface area (TPSA) is 54.5 Å². The van der Waals surface area contributed by atoms with E-state index in [2.05, 4.69) is 19.9 Å². The second kappa shape index (κ2) is 6.82. The fraction of sp³-hybridized carbons (Fsp3) is 0.105. The van der Waals surface area contributed by atoms with Crippen LogP contribution in [-0.4, -0.2) is 19.9 Å². The van der Waals surface area contributed by atoms with Crippen molar-refractivity contribution in [1.82, 2.24) is 19.9 Å². The molecule has 4 nitrogen and oxygen atoms in total. The fourth-order valence-corrected chi connectivity index (χ4v) is 3.14. The van der Waals surface area contributed by atoms with E-state index in [-0.39, 0.29) is 0 Å². The van der Waals surface area contributed by atoms with Crippen LogP contribution in [0.4, 0.5) is 0 Å².